The van der Waals surface area contributed by atoms with E-state index in [1.54, 1.807) is 48.7 Å². The molecule has 188 valence electrons. The van der Waals surface area contributed by atoms with Gasteiger partial charge in [-0.15, -0.1) is 22.7 Å². The lowest BCUT2D eigenvalue weighted by molar-refractivity contribution is 0.0950. The van der Waals surface area contributed by atoms with Crippen molar-refractivity contribution in [3.8, 4) is 16.2 Å². The summed E-state index contributed by atoms with van der Waals surface area (Å²) in [6.45, 7) is 1.89. The van der Waals surface area contributed by atoms with Crippen molar-refractivity contribution in [1.29, 1.82) is 0 Å². The number of halogens is 1. The molecular weight excluding hydrogens is 576 g/mol. The average molecular weight is 598 g/mol. The molecule has 3 amide bonds. The Morgan fingerprint density at radius 1 is 1.03 bits per heavy atom. The fourth-order valence-corrected chi connectivity index (χ4v) is 5.44. The van der Waals surface area contributed by atoms with Gasteiger partial charge in [-0.1, -0.05) is 40.2 Å². The quantitative estimate of drug-likeness (QED) is 0.166. The molecule has 11 heteroatoms. The maximum Gasteiger partial charge on any atom is 0.281 e. The number of nitrogens with two attached hydrogens (primary N) is 1. The summed E-state index contributed by atoms with van der Waals surface area (Å²) in [5.41, 5.74) is 10.7. The molecular formula is C26H21BrN4O4S2. The third-order valence-corrected chi connectivity index (χ3v) is 7.93. The molecule has 0 spiro atoms. The topological polar surface area (TPSA) is 134 Å². The standard InChI is InChI=1S/C26H21BrN4O4S2/c1-14(19-13-36-23(22(19)32)16-5-7-18(27)8-6-16)30-31-26(35)21-10-9-20(37-21)25(34)29-12-15-3-2-4-17(11-15)24(28)33/h2-11,13,32H,12H2,1H3,(H2,28,33)(H,29,34)(H,31,35)/b30-14+. The molecule has 0 aliphatic carbocycles. The first-order valence-corrected chi connectivity index (χ1v) is 13.4. The summed E-state index contributed by atoms with van der Waals surface area (Å²) in [6, 6.07) is 17.4. The minimum Gasteiger partial charge on any atom is -0.506 e. The maximum atomic E-state index is 12.6. The van der Waals surface area contributed by atoms with Crippen molar-refractivity contribution in [3.63, 3.8) is 0 Å². The second kappa shape index (κ2) is 11.5. The summed E-state index contributed by atoms with van der Waals surface area (Å²) in [7, 11) is 0. The van der Waals surface area contributed by atoms with Crippen molar-refractivity contribution in [3.05, 3.63) is 97.0 Å². The van der Waals surface area contributed by atoms with E-state index in [4.69, 9.17) is 5.73 Å². The molecule has 8 nitrogen and oxygen atoms in total. The third kappa shape index (κ3) is 6.31. The van der Waals surface area contributed by atoms with Crippen LogP contribution in [0.2, 0.25) is 0 Å². The number of nitrogens with zero attached hydrogens (tertiary/aromatic N) is 1. The molecule has 0 aliphatic rings. The molecule has 0 aliphatic heterocycles. The van der Waals surface area contributed by atoms with Gasteiger partial charge in [-0.05, 0) is 54.4 Å². The number of primary amides is 1. The largest absolute Gasteiger partial charge is 0.506 e. The smallest absolute Gasteiger partial charge is 0.281 e. The Bertz CT molecular complexity index is 1510. The maximum absolute atomic E-state index is 12.6. The van der Waals surface area contributed by atoms with E-state index in [0.717, 1.165) is 26.9 Å². The molecule has 0 fully saturated rings. The fourth-order valence-electron chi connectivity index (χ4n) is 3.35. The Kier molecular flexibility index (Phi) is 8.17. The van der Waals surface area contributed by atoms with Crippen molar-refractivity contribution in [1.82, 2.24) is 10.7 Å². The molecule has 0 radical (unpaired) electrons. The van der Waals surface area contributed by atoms with Crippen molar-refractivity contribution >= 4 is 62.0 Å². The average Bonchev–Trinajstić information content (AvgIpc) is 3.54. The second-order valence-corrected chi connectivity index (χ2v) is 10.8. The highest BCUT2D eigenvalue weighted by Gasteiger charge is 2.17. The number of carbonyl (C=O) groups is 3. The van der Waals surface area contributed by atoms with Crippen LogP contribution in [-0.2, 0) is 6.54 Å². The molecule has 2 heterocycles. The monoisotopic (exact) mass is 596 g/mol. The predicted octanol–water partition coefficient (Wildman–Crippen LogP) is 5.13. The third-order valence-electron chi connectivity index (χ3n) is 5.30. The molecule has 0 atom stereocenters. The molecule has 2 aromatic heterocycles. The van der Waals surface area contributed by atoms with Gasteiger partial charge in [0, 0.05) is 22.0 Å². The van der Waals surface area contributed by atoms with E-state index in [9.17, 15) is 19.5 Å². The van der Waals surface area contributed by atoms with Crippen LogP contribution in [0.3, 0.4) is 0 Å². The van der Waals surface area contributed by atoms with Crippen LogP contribution < -0.4 is 16.5 Å². The minimum atomic E-state index is -0.542. The predicted molar refractivity (Wildman–Crippen MR) is 149 cm³/mol. The normalized spacial score (nSPS) is 11.2. The number of carbonyl (C=O) groups excluding carboxylic acids is 3. The van der Waals surface area contributed by atoms with E-state index in [2.05, 4.69) is 31.8 Å². The van der Waals surface area contributed by atoms with E-state index in [1.807, 2.05) is 24.3 Å². The number of hydrogen-bond donors (Lipinski definition) is 4. The number of benzene rings is 2. The van der Waals surface area contributed by atoms with Crippen molar-refractivity contribution < 1.29 is 19.5 Å². The second-order valence-electron chi connectivity index (χ2n) is 7.88. The summed E-state index contributed by atoms with van der Waals surface area (Å²) in [6.07, 6.45) is 0. The van der Waals surface area contributed by atoms with Gasteiger partial charge >= 0.3 is 0 Å². The highest BCUT2D eigenvalue weighted by atomic mass is 79.9. The van der Waals surface area contributed by atoms with Crippen molar-refractivity contribution in [2.24, 2.45) is 10.8 Å². The van der Waals surface area contributed by atoms with Crippen LogP contribution in [0.15, 0.2) is 75.6 Å². The van der Waals surface area contributed by atoms with Gasteiger partial charge in [0.15, 0.2) is 0 Å². The lowest BCUT2D eigenvalue weighted by Gasteiger charge is -2.05. The first-order chi connectivity index (χ1) is 17.7. The molecule has 0 bridgehead atoms. The first kappa shape index (κ1) is 26.3. The summed E-state index contributed by atoms with van der Waals surface area (Å²) >= 11 is 5.81. The fraction of sp³-hybridized carbons (Fsp3) is 0.0769. The molecule has 37 heavy (non-hydrogen) atoms. The lowest BCUT2D eigenvalue weighted by Crippen LogP contribution is -2.22. The lowest BCUT2D eigenvalue weighted by atomic mass is 10.1. The van der Waals surface area contributed by atoms with Gasteiger partial charge in [0.05, 0.1) is 25.9 Å². The highest BCUT2D eigenvalue weighted by Crippen LogP contribution is 2.39. The van der Waals surface area contributed by atoms with Crippen LogP contribution >= 0.6 is 38.6 Å². The molecule has 5 N–H and O–H groups in total. The zero-order valence-electron chi connectivity index (χ0n) is 19.4. The first-order valence-electron chi connectivity index (χ1n) is 10.9. The molecule has 0 saturated heterocycles. The highest BCUT2D eigenvalue weighted by molar-refractivity contribution is 9.10. The Labute approximate surface area is 229 Å². The van der Waals surface area contributed by atoms with Gasteiger partial charge in [-0.25, -0.2) is 5.43 Å². The van der Waals surface area contributed by atoms with Gasteiger partial charge in [0.2, 0.25) is 5.91 Å². The Hall–Kier alpha value is -3.80. The van der Waals surface area contributed by atoms with Crippen LogP contribution in [0.1, 0.15) is 47.8 Å². The van der Waals surface area contributed by atoms with Crippen molar-refractivity contribution in [2.45, 2.75) is 13.5 Å². The zero-order chi connectivity index (χ0) is 26.5. The number of hydrogen-bond acceptors (Lipinski definition) is 7. The van der Waals surface area contributed by atoms with E-state index < -0.39 is 11.8 Å². The van der Waals surface area contributed by atoms with E-state index >= 15 is 0 Å². The van der Waals surface area contributed by atoms with Crippen molar-refractivity contribution in [2.75, 3.05) is 0 Å². The van der Waals surface area contributed by atoms with Crippen LogP contribution in [0, 0.1) is 0 Å². The Balaban J connectivity index is 1.37. The summed E-state index contributed by atoms with van der Waals surface area (Å²) in [5.74, 6) is -1.27. The number of aromatic hydroxyl groups is 1. The van der Waals surface area contributed by atoms with E-state index in [1.165, 1.54) is 11.3 Å². The van der Waals surface area contributed by atoms with Crippen LogP contribution in [0.4, 0.5) is 0 Å². The summed E-state index contributed by atoms with van der Waals surface area (Å²) in [5, 5.41) is 19.4. The number of hydrazone groups is 1. The SMILES string of the molecule is C/C(=N\NC(=O)c1ccc(C(=O)NCc2cccc(C(N)=O)c2)s1)c1csc(-c2ccc(Br)cc2)c1O. The summed E-state index contributed by atoms with van der Waals surface area (Å²) in [4.78, 5) is 37.8. The Morgan fingerprint density at radius 3 is 2.43 bits per heavy atom. The minimum absolute atomic E-state index is 0.0965. The number of amides is 3. The van der Waals surface area contributed by atoms with E-state index in [-0.39, 0.29) is 18.2 Å². The van der Waals surface area contributed by atoms with Crippen LogP contribution in [0.25, 0.3) is 10.4 Å². The van der Waals surface area contributed by atoms with Gasteiger partial charge in [-0.2, -0.15) is 5.10 Å². The number of thiophene rings is 2. The van der Waals surface area contributed by atoms with Gasteiger partial charge in [0.25, 0.3) is 11.8 Å². The van der Waals surface area contributed by atoms with Crippen LogP contribution in [-0.4, -0.2) is 28.5 Å². The van der Waals surface area contributed by atoms with Gasteiger partial charge in [-0.3, -0.25) is 14.4 Å². The van der Waals surface area contributed by atoms with E-state index in [0.29, 0.717) is 31.5 Å². The molecule has 0 unspecified atom stereocenters. The zero-order valence-corrected chi connectivity index (χ0v) is 22.7. The Morgan fingerprint density at radius 2 is 1.73 bits per heavy atom. The van der Waals surface area contributed by atoms with Gasteiger partial charge < -0.3 is 16.2 Å². The number of nitrogens with one attached hydrogen (secondary N) is 2. The summed E-state index contributed by atoms with van der Waals surface area (Å²) < 4.78 is 0.942. The van der Waals surface area contributed by atoms with Gasteiger partial charge in [0.1, 0.15) is 5.75 Å². The van der Waals surface area contributed by atoms with Crippen LogP contribution in [0.5, 0.6) is 5.75 Å². The molecule has 0 saturated carbocycles. The molecule has 4 rings (SSSR count). The molecule has 4 aromatic rings. The number of rotatable bonds is 8. The molecule has 2 aromatic carbocycles.